The van der Waals surface area contributed by atoms with Gasteiger partial charge in [-0.15, -0.1) is 0 Å². The summed E-state index contributed by atoms with van der Waals surface area (Å²) >= 11 is 7.36. The Kier molecular flexibility index (Phi) is 8.03. The van der Waals surface area contributed by atoms with E-state index in [0.29, 0.717) is 27.9 Å². The number of ether oxygens (including phenoxy) is 2. The maximum atomic E-state index is 12.3. The van der Waals surface area contributed by atoms with Crippen LogP contribution < -0.4 is 20.1 Å². The molecular weight excluding hydrogens is 450 g/mol. The number of carbonyl (C=O) groups is 2. The lowest BCUT2D eigenvalue weighted by Gasteiger charge is -2.25. The van der Waals surface area contributed by atoms with Crippen molar-refractivity contribution in [1.82, 2.24) is 10.6 Å². The van der Waals surface area contributed by atoms with E-state index in [1.165, 1.54) is 7.11 Å². The van der Waals surface area contributed by atoms with Crippen molar-refractivity contribution in [2.75, 3.05) is 20.0 Å². The van der Waals surface area contributed by atoms with Gasteiger partial charge < -0.3 is 20.1 Å². The Labute approximate surface area is 195 Å². The summed E-state index contributed by atoms with van der Waals surface area (Å²) in [6.07, 6.45) is 0.124. The molecule has 0 spiro atoms. The zero-order valence-corrected chi connectivity index (χ0v) is 19.2. The molecule has 32 heavy (non-hydrogen) atoms. The smallest absolute Gasteiger partial charge is 0.230 e. The number of thioether (sulfide) groups is 1. The van der Waals surface area contributed by atoms with Crippen molar-refractivity contribution in [1.29, 1.82) is 5.26 Å². The molecular formula is C23H22ClN3O4S. The molecule has 7 nitrogen and oxygen atoms in total. The summed E-state index contributed by atoms with van der Waals surface area (Å²) in [7, 11) is 3.11. The fourth-order valence-electron chi connectivity index (χ4n) is 3.25. The molecule has 0 aliphatic carbocycles. The molecule has 1 aliphatic rings. The van der Waals surface area contributed by atoms with Gasteiger partial charge >= 0.3 is 0 Å². The van der Waals surface area contributed by atoms with Gasteiger partial charge in [-0.05, 0) is 35.4 Å². The number of hydrogen-bond acceptors (Lipinski definition) is 6. The third-order valence-electron chi connectivity index (χ3n) is 4.93. The summed E-state index contributed by atoms with van der Waals surface area (Å²) in [6, 6.07) is 14.8. The molecule has 1 heterocycles. The lowest BCUT2D eigenvalue weighted by Crippen LogP contribution is -2.32. The quantitative estimate of drug-likeness (QED) is 0.608. The fraction of sp³-hybridized carbons (Fsp3) is 0.261. The van der Waals surface area contributed by atoms with E-state index in [2.05, 4.69) is 16.7 Å². The Hall–Kier alpha value is -3.15. The number of methoxy groups -OCH3 is 2. The van der Waals surface area contributed by atoms with Crippen molar-refractivity contribution in [3.05, 3.63) is 69.2 Å². The van der Waals surface area contributed by atoms with Crippen molar-refractivity contribution >= 4 is 35.2 Å². The Morgan fingerprint density at radius 2 is 2.00 bits per heavy atom. The van der Waals surface area contributed by atoms with E-state index in [1.54, 1.807) is 25.3 Å². The summed E-state index contributed by atoms with van der Waals surface area (Å²) in [5.74, 6) is 0.449. The molecule has 0 radical (unpaired) electrons. The number of amides is 2. The first-order valence-electron chi connectivity index (χ1n) is 9.75. The first-order chi connectivity index (χ1) is 15.4. The highest BCUT2D eigenvalue weighted by Crippen LogP contribution is 2.38. The predicted molar refractivity (Wildman–Crippen MR) is 123 cm³/mol. The van der Waals surface area contributed by atoms with Gasteiger partial charge in [0, 0.05) is 18.9 Å². The summed E-state index contributed by atoms with van der Waals surface area (Å²) in [6.45, 7) is 0.368. The monoisotopic (exact) mass is 471 g/mol. The van der Waals surface area contributed by atoms with Crippen LogP contribution in [0.15, 0.2) is 53.1 Å². The average molecular weight is 472 g/mol. The minimum Gasteiger partial charge on any atom is -0.497 e. The first-order valence-corrected chi connectivity index (χ1v) is 11.1. The highest BCUT2D eigenvalue weighted by molar-refractivity contribution is 8.03. The van der Waals surface area contributed by atoms with Gasteiger partial charge in [-0.2, -0.15) is 5.26 Å². The van der Waals surface area contributed by atoms with Crippen molar-refractivity contribution < 1.29 is 19.1 Å². The second-order valence-corrected chi connectivity index (χ2v) is 8.36. The minimum atomic E-state index is -0.443. The van der Waals surface area contributed by atoms with E-state index in [1.807, 2.05) is 24.3 Å². The number of hydrogen-bond donors (Lipinski definition) is 2. The normalized spacial score (nSPS) is 15.6. The number of rotatable bonds is 8. The molecule has 3 rings (SSSR count). The Morgan fingerprint density at radius 3 is 2.62 bits per heavy atom. The first kappa shape index (κ1) is 23.5. The summed E-state index contributed by atoms with van der Waals surface area (Å²) in [5, 5.41) is 16.1. The summed E-state index contributed by atoms with van der Waals surface area (Å²) in [4.78, 5) is 24.6. The second kappa shape index (κ2) is 10.9. The van der Waals surface area contributed by atoms with Gasteiger partial charge in [0.25, 0.3) is 0 Å². The van der Waals surface area contributed by atoms with Gasteiger partial charge in [0.05, 0.1) is 41.7 Å². The molecule has 1 atom stereocenters. The molecule has 166 valence electrons. The standard InChI is InChI=1S/C23H22ClN3O4S/c1-30-16-6-3-14(4-7-16)12-26-22(29)13-32-23-18(11-25)17(10-21(28)27-23)15-5-8-20(31-2)19(24)9-15/h3-9,17H,10,12-13H2,1-2H3,(H,26,29)(H,27,28)/t17-/m1/s1. The number of benzene rings is 2. The second-order valence-electron chi connectivity index (χ2n) is 6.97. The summed E-state index contributed by atoms with van der Waals surface area (Å²) in [5.41, 5.74) is 2.08. The van der Waals surface area contributed by atoms with Crippen LogP contribution in [0.1, 0.15) is 23.5 Å². The van der Waals surface area contributed by atoms with Crippen LogP contribution in [0.3, 0.4) is 0 Å². The molecule has 2 aromatic rings. The molecule has 0 saturated heterocycles. The molecule has 0 fully saturated rings. The number of nitrogens with zero attached hydrogens (tertiary/aromatic N) is 1. The number of halogens is 1. The summed E-state index contributed by atoms with van der Waals surface area (Å²) < 4.78 is 10.3. The fourth-order valence-corrected chi connectivity index (χ4v) is 4.42. The molecule has 0 saturated carbocycles. The van der Waals surface area contributed by atoms with Gasteiger partial charge in [-0.25, -0.2) is 0 Å². The molecule has 9 heteroatoms. The van der Waals surface area contributed by atoms with Gasteiger partial charge in [0.2, 0.25) is 11.8 Å². The van der Waals surface area contributed by atoms with Crippen LogP contribution in [0.25, 0.3) is 0 Å². The van der Waals surface area contributed by atoms with E-state index in [4.69, 9.17) is 21.1 Å². The number of carbonyl (C=O) groups excluding carboxylic acids is 2. The number of nitriles is 1. The van der Waals surface area contributed by atoms with Crippen molar-refractivity contribution in [2.45, 2.75) is 18.9 Å². The molecule has 0 bridgehead atoms. The zero-order chi connectivity index (χ0) is 23.1. The third kappa shape index (κ3) is 5.75. The topological polar surface area (TPSA) is 100 Å². The lowest BCUT2D eigenvalue weighted by molar-refractivity contribution is -0.121. The van der Waals surface area contributed by atoms with E-state index in [9.17, 15) is 14.9 Å². The third-order valence-corrected chi connectivity index (χ3v) is 6.24. The van der Waals surface area contributed by atoms with E-state index < -0.39 is 5.92 Å². The van der Waals surface area contributed by atoms with Gasteiger partial charge in [0.15, 0.2) is 0 Å². The van der Waals surface area contributed by atoms with Gasteiger partial charge in [-0.1, -0.05) is 41.6 Å². The SMILES string of the molecule is COc1ccc(CNC(=O)CSC2=C(C#N)[C@@H](c3ccc(OC)c(Cl)c3)CC(=O)N2)cc1. The Morgan fingerprint density at radius 1 is 1.25 bits per heavy atom. The zero-order valence-electron chi connectivity index (χ0n) is 17.6. The largest absolute Gasteiger partial charge is 0.497 e. The van der Waals surface area contributed by atoms with Crippen LogP contribution in [0.2, 0.25) is 5.02 Å². The molecule has 0 aromatic heterocycles. The van der Waals surface area contributed by atoms with Crippen LogP contribution in [0, 0.1) is 11.3 Å². The predicted octanol–water partition coefficient (Wildman–Crippen LogP) is 3.75. The lowest BCUT2D eigenvalue weighted by atomic mass is 9.87. The van der Waals surface area contributed by atoms with Crippen molar-refractivity contribution in [2.24, 2.45) is 0 Å². The minimum absolute atomic E-state index is 0.0625. The van der Waals surface area contributed by atoms with Crippen molar-refractivity contribution in [3.63, 3.8) is 0 Å². The van der Waals surface area contributed by atoms with E-state index in [-0.39, 0.29) is 24.0 Å². The number of nitrogens with one attached hydrogen (secondary N) is 2. The van der Waals surface area contributed by atoms with E-state index >= 15 is 0 Å². The molecule has 1 aliphatic heterocycles. The Balaban J connectivity index is 1.68. The van der Waals surface area contributed by atoms with Crippen LogP contribution in [-0.4, -0.2) is 31.8 Å². The van der Waals surface area contributed by atoms with Crippen LogP contribution in [0.4, 0.5) is 0 Å². The Bertz CT molecular complexity index is 1080. The molecule has 2 amide bonds. The highest BCUT2D eigenvalue weighted by atomic mass is 35.5. The van der Waals surface area contributed by atoms with Crippen molar-refractivity contribution in [3.8, 4) is 17.6 Å². The van der Waals surface area contributed by atoms with Crippen LogP contribution in [0.5, 0.6) is 11.5 Å². The average Bonchev–Trinajstić information content (AvgIpc) is 2.81. The van der Waals surface area contributed by atoms with Crippen LogP contribution in [-0.2, 0) is 16.1 Å². The van der Waals surface area contributed by atoms with Gasteiger partial charge in [-0.3, -0.25) is 9.59 Å². The maximum absolute atomic E-state index is 12.3. The number of allylic oxidation sites excluding steroid dienone is 1. The molecule has 2 N–H and O–H groups in total. The molecule has 0 unspecified atom stereocenters. The van der Waals surface area contributed by atoms with Crippen LogP contribution >= 0.6 is 23.4 Å². The highest BCUT2D eigenvalue weighted by Gasteiger charge is 2.30. The maximum Gasteiger partial charge on any atom is 0.230 e. The van der Waals surface area contributed by atoms with Gasteiger partial charge in [0.1, 0.15) is 11.5 Å². The molecule has 2 aromatic carbocycles. The van der Waals surface area contributed by atoms with E-state index in [0.717, 1.165) is 28.6 Å².